The normalized spacial score (nSPS) is 12.8. The minimum absolute atomic E-state index is 0.189. The summed E-state index contributed by atoms with van der Waals surface area (Å²) in [6, 6.07) is 12.3. The largest absolute Gasteiger partial charge is 0.486 e. The Morgan fingerprint density at radius 1 is 1.11 bits per heavy atom. The number of hydrogen-bond donors (Lipinski definition) is 2. The third-order valence-electron chi connectivity index (χ3n) is 4.38. The third-order valence-corrected chi connectivity index (χ3v) is 4.71. The van der Waals surface area contributed by atoms with Crippen molar-refractivity contribution in [2.24, 2.45) is 0 Å². The summed E-state index contributed by atoms with van der Waals surface area (Å²) in [6.45, 7) is 1.32. The Morgan fingerprint density at radius 3 is 2.63 bits per heavy atom. The van der Waals surface area contributed by atoms with Crippen LogP contribution in [0, 0.1) is 0 Å². The van der Waals surface area contributed by atoms with Gasteiger partial charge in [0, 0.05) is 23.6 Å². The van der Waals surface area contributed by atoms with Gasteiger partial charge in [-0.2, -0.15) is 0 Å². The van der Waals surface area contributed by atoms with Crippen molar-refractivity contribution in [1.29, 1.82) is 0 Å². The van der Waals surface area contributed by atoms with Gasteiger partial charge in [0.05, 0.1) is 16.1 Å². The fourth-order valence-corrected chi connectivity index (χ4v) is 3.25. The molecule has 0 fully saturated rings. The van der Waals surface area contributed by atoms with E-state index in [2.05, 4.69) is 10.3 Å². The minimum atomic E-state index is -0.266. The predicted molar refractivity (Wildman–Crippen MR) is 103 cm³/mol. The van der Waals surface area contributed by atoms with Crippen molar-refractivity contribution in [3.05, 3.63) is 69.0 Å². The third kappa shape index (κ3) is 3.61. The lowest BCUT2D eigenvalue weighted by molar-refractivity contribution is 0.0954. The summed E-state index contributed by atoms with van der Waals surface area (Å²) in [7, 11) is 0. The van der Waals surface area contributed by atoms with Crippen LogP contribution in [0.5, 0.6) is 11.5 Å². The Balaban J connectivity index is 1.50. The summed E-state index contributed by atoms with van der Waals surface area (Å²) in [6.07, 6.45) is 0.399. The quantitative estimate of drug-likeness (QED) is 0.724. The number of nitrogens with one attached hydrogen (secondary N) is 2. The maximum Gasteiger partial charge on any atom is 0.252 e. The van der Waals surface area contributed by atoms with Gasteiger partial charge in [0.25, 0.3) is 11.5 Å². The van der Waals surface area contributed by atoms with E-state index in [1.54, 1.807) is 30.3 Å². The summed E-state index contributed by atoms with van der Waals surface area (Å²) >= 11 is 6.03. The molecule has 0 saturated heterocycles. The number of amides is 1. The topological polar surface area (TPSA) is 80.4 Å². The van der Waals surface area contributed by atoms with E-state index in [0.29, 0.717) is 59.3 Å². The average Bonchev–Trinajstić information content (AvgIpc) is 2.67. The first kappa shape index (κ1) is 17.4. The van der Waals surface area contributed by atoms with Gasteiger partial charge in [0.1, 0.15) is 13.2 Å². The molecule has 0 aliphatic carbocycles. The zero-order valence-electron chi connectivity index (χ0n) is 14.4. The predicted octanol–water partition coefficient (Wildman–Crippen LogP) is 2.93. The van der Waals surface area contributed by atoms with E-state index in [-0.39, 0.29) is 11.5 Å². The molecular weight excluding hydrogens is 368 g/mol. The van der Waals surface area contributed by atoms with Gasteiger partial charge in [0.15, 0.2) is 11.5 Å². The number of ether oxygens (including phenoxy) is 2. The fraction of sp³-hybridized carbons (Fsp3) is 0.200. The first-order valence-electron chi connectivity index (χ1n) is 8.60. The summed E-state index contributed by atoms with van der Waals surface area (Å²) < 4.78 is 11.1. The smallest absolute Gasteiger partial charge is 0.252 e. The molecule has 3 aromatic rings. The monoisotopic (exact) mass is 384 g/mol. The average molecular weight is 385 g/mol. The van der Waals surface area contributed by atoms with Crippen LogP contribution in [0.3, 0.4) is 0 Å². The number of aromatic nitrogens is 1. The van der Waals surface area contributed by atoms with Crippen molar-refractivity contribution in [2.45, 2.75) is 6.42 Å². The highest BCUT2D eigenvalue weighted by Crippen LogP contribution is 2.33. The lowest BCUT2D eigenvalue weighted by atomic mass is 10.1. The van der Waals surface area contributed by atoms with Gasteiger partial charge in [0.2, 0.25) is 0 Å². The lowest BCUT2D eigenvalue weighted by Gasteiger charge is -2.18. The molecule has 0 atom stereocenters. The Hall–Kier alpha value is -2.99. The van der Waals surface area contributed by atoms with E-state index in [1.807, 2.05) is 12.1 Å². The molecule has 1 amide bonds. The highest BCUT2D eigenvalue weighted by molar-refractivity contribution is 6.33. The van der Waals surface area contributed by atoms with Gasteiger partial charge in [-0.05, 0) is 30.7 Å². The van der Waals surface area contributed by atoms with Gasteiger partial charge >= 0.3 is 0 Å². The maximum atomic E-state index is 12.3. The summed E-state index contributed by atoms with van der Waals surface area (Å²) in [5.41, 5.74) is 1.49. The molecule has 1 aromatic heterocycles. The van der Waals surface area contributed by atoms with Crippen LogP contribution < -0.4 is 20.3 Å². The summed E-state index contributed by atoms with van der Waals surface area (Å²) in [5, 5.41) is 4.04. The Morgan fingerprint density at radius 2 is 1.85 bits per heavy atom. The Kier molecular flexibility index (Phi) is 4.73. The number of aromatic amines is 1. The van der Waals surface area contributed by atoms with Gasteiger partial charge in [-0.3, -0.25) is 9.59 Å². The van der Waals surface area contributed by atoms with E-state index in [4.69, 9.17) is 21.1 Å². The SMILES string of the molecule is O=C(NCCc1cc2cc3c(cc2[nH]c1=O)OCCO3)c1ccccc1Cl. The second-order valence-electron chi connectivity index (χ2n) is 6.19. The molecule has 4 rings (SSSR count). The van der Waals surface area contributed by atoms with Crippen molar-refractivity contribution >= 4 is 28.4 Å². The minimum Gasteiger partial charge on any atom is -0.486 e. The van der Waals surface area contributed by atoms with Crippen LogP contribution in [-0.2, 0) is 6.42 Å². The number of carbonyl (C=O) groups is 1. The lowest BCUT2D eigenvalue weighted by Crippen LogP contribution is -2.27. The van der Waals surface area contributed by atoms with Gasteiger partial charge < -0.3 is 19.8 Å². The molecule has 6 nitrogen and oxygen atoms in total. The Labute approximate surface area is 160 Å². The molecule has 1 aliphatic rings. The zero-order chi connectivity index (χ0) is 18.8. The zero-order valence-corrected chi connectivity index (χ0v) is 15.1. The van der Waals surface area contributed by atoms with Crippen LogP contribution in [0.2, 0.25) is 5.02 Å². The molecule has 2 N–H and O–H groups in total. The number of benzene rings is 2. The van der Waals surface area contributed by atoms with Crippen LogP contribution in [0.1, 0.15) is 15.9 Å². The summed E-state index contributed by atoms with van der Waals surface area (Å²) in [5.74, 6) is 1.03. The highest BCUT2D eigenvalue weighted by atomic mass is 35.5. The van der Waals surface area contributed by atoms with Crippen molar-refractivity contribution in [3.63, 3.8) is 0 Å². The number of halogens is 1. The van der Waals surface area contributed by atoms with Gasteiger partial charge in [-0.15, -0.1) is 0 Å². The Bertz CT molecular complexity index is 1080. The van der Waals surface area contributed by atoms with Crippen molar-refractivity contribution in [2.75, 3.05) is 19.8 Å². The highest BCUT2D eigenvalue weighted by Gasteiger charge is 2.14. The number of H-pyrrole nitrogens is 1. The number of fused-ring (bicyclic) bond motifs is 2. The molecule has 0 spiro atoms. The van der Waals surface area contributed by atoms with Gasteiger partial charge in [-0.1, -0.05) is 23.7 Å². The number of carbonyl (C=O) groups excluding carboxylic acids is 1. The first-order chi connectivity index (χ1) is 13.1. The van der Waals surface area contributed by atoms with Crippen molar-refractivity contribution in [3.8, 4) is 11.5 Å². The first-order valence-corrected chi connectivity index (χ1v) is 8.98. The molecule has 1 aliphatic heterocycles. The van der Waals surface area contributed by atoms with Crippen LogP contribution in [0.15, 0.2) is 47.3 Å². The van der Waals surface area contributed by atoms with E-state index in [0.717, 1.165) is 5.39 Å². The molecule has 138 valence electrons. The molecule has 27 heavy (non-hydrogen) atoms. The number of hydrogen-bond acceptors (Lipinski definition) is 4. The van der Waals surface area contributed by atoms with Crippen LogP contribution in [-0.4, -0.2) is 30.6 Å². The molecule has 2 heterocycles. The molecule has 7 heteroatoms. The standard InChI is InChI=1S/C20H17ClN2O4/c21-15-4-2-1-3-14(15)20(25)22-6-5-12-9-13-10-17-18(27-8-7-26-17)11-16(13)23-19(12)24/h1-4,9-11H,5-8H2,(H,22,25)(H,23,24). The number of pyridine rings is 1. The van der Waals surface area contributed by atoms with E-state index in [9.17, 15) is 9.59 Å². The molecule has 0 radical (unpaired) electrons. The maximum absolute atomic E-state index is 12.3. The molecule has 2 aromatic carbocycles. The second-order valence-corrected chi connectivity index (χ2v) is 6.60. The molecule has 0 bridgehead atoms. The second kappa shape index (κ2) is 7.32. The van der Waals surface area contributed by atoms with Crippen molar-refractivity contribution in [1.82, 2.24) is 10.3 Å². The molecule has 0 saturated carbocycles. The van der Waals surface area contributed by atoms with Crippen molar-refractivity contribution < 1.29 is 14.3 Å². The fourth-order valence-electron chi connectivity index (χ4n) is 3.03. The van der Waals surface area contributed by atoms with Crippen LogP contribution in [0.25, 0.3) is 10.9 Å². The van der Waals surface area contributed by atoms with E-state index >= 15 is 0 Å². The summed E-state index contributed by atoms with van der Waals surface area (Å²) in [4.78, 5) is 27.4. The van der Waals surface area contributed by atoms with E-state index < -0.39 is 0 Å². The number of rotatable bonds is 4. The van der Waals surface area contributed by atoms with E-state index in [1.165, 1.54) is 0 Å². The molecule has 0 unspecified atom stereocenters. The molecular formula is C20H17ClN2O4. The van der Waals surface area contributed by atoms with Crippen LogP contribution >= 0.6 is 11.6 Å². The van der Waals surface area contributed by atoms with Gasteiger partial charge in [-0.25, -0.2) is 0 Å². The van der Waals surface area contributed by atoms with Crippen LogP contribution in [0.4, 0.5) is 0 Å².